The molecule has 0 heterocycles. The highest BCUT2D eigenvalue weighted by Gasteiger charge is 2.18. The van der Waals surface area contributed by atoms with Gasteiger partial charge >= 0.3 is 0 Å². The van der Waals surface area contributed by atoms with Crippen LogP contribution in [-0.4, -0.2) is 39.3 Å². The minimum Gasteiger partial charge on any atom is -0.483 e. The number of anilines is 1. The maximum Gasteiger partial charge on any atom is 0.262 e. The lowest BCUT2D eigenvalue weighted by molar-refractivity contribution is -0.118. The van der Waals surface area contributed by atoms with Crippen LogP contribution in [0.2, 0.25) is 10.0 Å². The second-order valence-corrected chi connectivity index (χ2v) is 8.67. The number of halogens is 2. The average Bonchev–Trinajstić information content (AvgIpc) is 2.56. The number of hydrogen-bond donors (Lipinski definition) is 1. The summed E-state index contributed by atoms with van der Waals surface area (Å²) in [6.07, 6.45) is 0. The molecule has 0 saturated carbocycles. The number of benzene rings is 2. The van der Waals surface area contributed by atoms with Crippen LogP contribution in [0.1, 0.15) is 5.56 Å². The van der Waals surface area contributed by atoms with E-state index in [9.17, 15) is 13.2 Å². The van der Waals surface area contributed by atoms with Gasteiger partial charge in [0, 0.05) is 19.1 Å². The highest BCUT2D eigenvalue weighted by Crippen LogP contribution is 2.26. The first kappa shape index (κ1) is 20.5. The van der Waals surface area contributed by atoms with Crippen molar-refractivity contribution in [2.45, 2.75) is 11.8 Å². The Labute approximate surface area is 162 Å². The van der Waals surface area contributed by atoms with E-state index in [-0.39, 0.29) is 11.5 Å². The number of sulfonamides is 1. The number of carbonyl (C=O) groups excluding carboxylic acids is 1. The number of amides is 1. The number of nitrogens with zero attached hydrogens (tertiary/aromatic N) is 1. The van der Waals surface area contributed by atoms with E-state index in [1.165, 1.54) is 38.4 Å². The van der Waals surface area contributed by atoms with Crippen LogP contribution in [0.25, 0.3) is 0 Å². The van der Waals surface area contributed by atoms with E-state index in [1.54, 1.807) is 19.1 Å². The number of aryl methyl sites for hydroxylation is 1. The van der Waals surface area contributed by atoms with E-state index in [2.05, 4.69) is 5.32 Å². The van der Waals surface area contributed by atoms with Crippen molar-refractivity contribution in [2.75, 3.05) is 26.0 Å². The molecule has 9 heteroatoms. The zero-order valence-electron chi connectivity index (χ0n) is 14.4. The minimum atomic E-state index is -3.53. The summed E-state index contributed by atoms with van der Waals surface area (Å²) < 4.78 is 30.8. The first-order valence-electron chi connectivity index (χ1n) is 7.52. The molecule has 0 aliphatic heterocycles. The van der Waals surface area contributed by atoms with Gasteiger partial charge in [0.15, 0.2) is 6.61 Å². The molecule has 2 aromatic carbocycles. The van der Waals surface area contributed by atoms with Crippen LogP contribution < -0.4 is 10.1 Å². The molecule has 0 radical (unpaired) electrons. The van der Waals surface area contributed by atoms with Gasteiger partial charge in [0.25, 0.3) is 5.91 Å². The lowest BCUT2D eigenvalue weighted by Crippen LogP contribution is -2.22. The van der Waals surface area contributed by atoms with E-state index >= 15 is 0 Å². The molecule has 1 N–H and O–H groups in total. The molecule has 26 heavy (non-hydrogen) atoms. The summed E-state index contributed by atoms with van der Waals surface area (Å²) in [6.45, 7) is 1.44. The maximum absolute atomic E-state index is 12.1. The molecule has 6 nitrogen and oxygen atoms in total. The molecule has 2 rings (SSSR count). The minimum absolute atomic E-state index is 0.155. The highest BCUT2D eigenvalue weighted by molar-refractivity contribution is 7.89. The van der Waals surface area contributed by atoms with E-state index in [4.69, 9.17) is 27.9 Å². The van der Waals surface area contributed by atoms with Crippen LogP contribution in [-0.2, 0) is 14.8 Å². The van der Waals surface area contributed by atoms with E-state index in [0.717, 1.165) is 4.31 Å². The van der Waals surface area contributed by atoms with Crippen LogP contribution in [0.3, 0.4) is 0 Å². The van der Waals surface area contributed by atoms with Crippen LogP contribution in [0.5, 0.6) is 5.75 Å². The molecule has 0 aliphatic carbocycles. The molecule has 140 valence electrons. The predicted octanol–water partition coefficient (Wildman–Crippen LogP) is 3.57. The van der Waals surface area contributed by atoms with Crippen LogP contribution in [0.4, 0.5) is 5.69 Å². The smallest absolute Gasteiger partial charge is 0.262 e. The summed E-state index contributed by atoms with van der Waals surface area (Å²) in [4.78, 5) is 12.2. The summed E-state index contributed by atoms with van der Waals surface area (Å²) in [5.74, 6) is -0.00592. The Hall–Kier alpha value is -1.80. The standard InChI is InChI=1S/C17H18Cl2N2O4S/c1-11-8-13(26(23,24)21(2)3)5-7-16(11)25-10-17(22)20-15-9-12(18)4-6-14(15)19/h4-9H,10H2,1-3H3,(H,20,22). The fourth-order valence-corrected chi connectivity index (χ4v) is 3.40. The molecule has 2 aromatic rings. The van der Waals surface area contributed by atoms with Gasteiger partial charge in [-0.25, -0.2) is 12.7 Å². The Morgan fingerprint density at radius 3 is 2.46 bits per heavy atom. The van der Waals surface area contributed by atoms with Gasteiger partial charge in [-0.15, -0.1) is 0 Å². The van der Waals surface area contributed by atoms with Crippen molar-refractivity contribution in [1.29, 1.82) is 0 Å². The van der Waals surface area contributed by atoms with Crippen molar-refractivity contribution in [1.82, 2.24) is 4.31 Å². The van der Waals surface area contributed by atoms with Crippen molar-refractivity contribution < 1.29 is 17.9 Å². The second kappa shape index (κ2) is 8.26. The number of rotatable bonds is 6. The maximum atomic E-state index is 12.1. The molecule has 0 spiro atoms. The molecule has 0 aliphatic rings. The quantitative estimate of drug-likeness (QED) is 0.780. The Kier molecular flexibility index (Phi) is 6.52. The molecule has 0 fully saturated rings. The van der Waals surface area contributed by atoms with Gasteiger partial charge < -0.3 is 10.1 Å². The van der Waals surface area contributed by atoms with Crippen molar-refractivity contribution >= 4 is 44.8 Å². The van der Waals surface area contributed by atoms with Crippen LogP contribution in [0.15, 0.2) is 41.3 Å². The van der Waals surface area contributed by atoms with Crippen LogP contribution >= 0.6 is 23.2 Å². The largest absolute Gasteiger partial charge is 0.483 e. The first-order valence-corrected chi connectivity index (χ1v) is 9.71. The summed E-state index contributed by atoms with van der Waals surface area (Å²) in [6, 6.07) is 9.18. The normalized spacial score (nSPS) is 11.5. The molecule has 0 aromatic heterocycles. The van der Waals surface area contributed by atoms with Crippen molar-refractivity contribution in [3.05, 3.63) is 52.0 Å². The van der Waals surface area contributed by atoms with E-state index in [1.807, 2.05) is 0 Å². The third-order valence-corrected chi connectivity index (χ3v) is 5.86. The molecule has 0 atom stereocenters. The predicted molar refractivity (Wildman–Crippen MR) is 103 cm³/mol. The Bertz CT molecular complexity index is 930. The van der Waals surface area contributed by atoms with Gasteiger partial charge in [0.05, 0.1) is 15.6 Å². The zero-order chi connectivity index (χ0) is 19.5. The van der Waals surface area contributed by atoms with Gasteiger partial charge in [-0.05, 0) is 48.9 Å². The van der Waals surface area contributed by atoms with Gasteiger partial charge in [0.1, 0.15) is 5.75 Å². The lowest BCUT2D eigenvalue weighted by atomic mass is 10.2. The topological polar surface area (TPSA) is 75.7 Å². The third kappa shape index (κ3) is 4.88. The number of carbonyl (C=O) groups is 1. The highest BCUT2D eigenvalue weighted by atomic mass is 35.5. The fraction of sp³-hybridized carbons (Fsp3) is 0.235. The fourth-order valence-electron chi connectivity index (χ4n) is 2.08. The summed E-state index contributed by atoms with van der Waals surface area (Å²) >= 11 is 11.9. The number of nitrogens with one attached hydrogen (secondary N) is 1. The SMILES string of the molecule is Cc1cc(S(=O)(=O)N(C)C)ccc1OCC(=O)Nc1cc(Cl)ccc1Cl. The van der Waals surface area contributed by atoms with Gasteiger partial charge in [0.2, 0.25) is 10.0 Å². The molecular formula is C17H18Cl2N2O4S. The lowest BCUT2D eigenvalue weighted by Gasteiger charge is -2.14. The third-order valence-electron chi connectivity index (χ3n) is 3.49. The Morgan fingerprint density at radius 1 is 1.15 bits per heavy atom. The van der Waals surface area contributed by atoms with Crippen molar-refractivity contribution in [3.8, 4) is 5.75 Å². The van der Waals surface area contributed by atoms with E-state index < -0.39 is 15.9 Å². The summed E-state index contributed by atoms with van der Waals surface area (Å²) in [5.41, 5.74) is 0.985. The van der Waals surface area contributed by atoms with Gasteiger partial charge in [-0.3, -0.25) is 4.79 Å². The number of ether oxygens (including phenoxy) is 1. The second-order valence-electron chi connectivity index (χ2n) is 5.68. The van der Waals surface area contributed by atoms with Gasteiger partial charge in [-0.2, -0.15) is 0 Å². The Balaban J connectivity index is 2.05. The molecule has 1 amide bonds. The average molecular weight is 417 g/mol. The van der Waals surface area contributed by atoms with Crippen molar-refractivity contribution in [3.63, 3.8) is 0 Å². The monoisotopic (exact) mass is 416 g/mol. The first-order chi connectivity index (χ1) is 12.1. The molecule has 0 unspecified atom stereocenters. The molecule has 0 bridgehead atoms. The van der Waals surface area contributed by atoms with Crippen LogP contribution in [0, 0.1) is 6.92 Å². The number of hydrogen-bond acceptors (Lipinski definition) is 4. The van der Waals surface area contributed by atoms with E-state index in [0.29, 0.717) is 27.0 Å². The summed E-state index contributed by atoms with van der Waals surface area (Å²) in [7, 11) is -0.608. The zero-order valence-corrected chi connectivity index (χ0v) is 16.7. The molecule has 0 saturated heterocycles. The molecular weight excluding hydrogens is 399 g/mol. The summed E-state index contributed by atoms with van der Waals surface area (Å²) in [5, 5.41) is 3.41. The van der Waals surface area contributed by atoms with Crippen molar-refractivity contribution in [2.24, 2.45) is 0 Å². The Morgan fingerprint density at radius 2 is 1.85 bits per heavy atom. The van der Waals surface area contributed by atoms with Gasteiger partial charge in [-0.1, -0.05) is 23.2 Å².